The first-order valence-corrected chi connectivity index (χ1v) is 10.3. The molecular weight excluding hydrogens is 376 g/mol. The van der Waals surface area contributed by atoms with E-state index in [0.717, 1.165) is 17.1 Å². The van der Waals surface area contributed by atoms with Gasteiger partial charge in [-0.25, -0.2) is 4.99 Å². The third-order valence-electron chi connectivity index (χ3n) is 4.24. The van der Waals surface area contributed by atoms with Crippen molar-refractivity contribution in [1.82, 2.24) is 0 Å². The number of aryl methyl sites for hydroxylation is 1. The quantitative estimate of drug-likeness (QED) is 0.587. The van der Waals surface area contributed by atoms with Crippen LogP contribution in [0.2, 0.25) is 0 Å². The van der Waals surface area contributed by atoms with Gasteiger partial charge in [0.2, 0.25) is 5.91 Å². The second kappa shape index (κ2) is 7.58. The van der Waals surface area contributed by atoms with Crippen molar-refractivity contribution in [2.75, 3.05) is 17.8 Å². The molecule has 3 aromatic rings. The molecule has 0 radical (unpaired) electrons. The number of hydrogen-bond donors (Lipinski definition) is 0. The molecule has 1 aliphatic heterocycles. The Labute approximate surface area is 166 Å². The molecule has 27 heavy (non-hydrogen) atoms. The number of methoxy groups -OCH3 is 1. The second-order valence-electron chi connectivity index (χ2n) is 6.15. The molecule has 0 unspecified atom stereocenters. The van der Waals surface area contributed by atoms with Crippen LogP contribution in [0.25, 0.3) is 10.4 Å². The number of hydrogen-bond acceptors (Lipinski definition) is 5. The minimum Gasteiger partial charge on any atom is -0.497 e. The Morgan fingerprint density at radius 1 is 1.07 bits per heavy atom. The first-order valence-electron chi connectivity index (χ1n) is 8.48. The maximum atomic E-state index is 12.4. The molecule has 1 saturated heterocycles. The third-order valence-corrected chi connectivity index (χ3v) is 6.13. The molecule has 0 atom stereocenters. The lowest BCUT2D eigenvalue weighted by molar-refractivity contribution is -0.115. The number of amidine groups is 1. The van der Waals surface area contributed by atoms with Crippen LogP contribution in [0.1, 0.15) is 5.56 Å². The van der Waals surface area contributed by atoms with Crippen LogP contribution >= 0.6 is 23.1 Å². The zero-order chi connectivity index (χ0) is 18.8. The Morgan fingerprint density at radius 2 is 1.81 bits per heavy atom. The van der Waals surface area contributed by atoms with Gasteiger partial charge in [0.15, 0.2) is 5.17 Å². The van der Waals surface area contributed by atoms with E-state index in [4.69, 9.17) is 9.73 Å². The molecular formula is C21H18N2O2S2. The summed E-state index contributed by atoms with van der Waals surface area (Å²) in [6, 6.07) is 18.0. The van der Waals surface area contributed by atoms with Crippen LogP contribution in [0.5, 0.6) is 5.75 Å². The lowest BCUT2D eigenvalue weighted by Gasteiger charge is -2.16. The van der Waals surface area contributed by atoms with E-state index in [1.165, 1.54) is 27.8 Å². The molecule has 136 valence electrons. The summed E-state index contributed by atoms with van der Waals surface area (Å²) >= 11 is 3.12. The number of ether oxygens (including phenoxy) is 1. The van der Waals surface area contributed by atoms with E-state index < -0.39 is 0 Å². The number of benzene rings is 2. The van der Waals surface area contributed by atoms with Gasteiger partial charge in [0, 0.05) is 10.3 Å². The van der Waals surface area contributed by atoms with Crippen molar-refractivity contribution in [3.05, 3.63) is 65.5 Å². The molecule has 0 saturated carbocycles. The van der Waals surface area contributed by atoms with Crippen LogP contribution in [0, 0.1) is 6.92 Å². The van der Waals surface area contributed by atoms with E-state index in [1.54, 1.807) is 23.3 Å². The summed E-state index contributed by atoms with van der Waals surface area (Å²) in [4.78, 5) is 20.0. The molecule has 1 aromatic heterocycles. The number of amides is 1. The molecule has 6 heteroatoms. The lowest BCUT2D eigenvalue weighted by atomic mass is 10.1. The zero-order valence-corrected chi connectivity index (χ0v) is 16.6. The predicted octanol–water partition coefficient (Wildman–Crippen LogP) is 5.50. The number of carbonyl (C=O) groups is 1. The first-order chi connectivity index (χ1) is 13.1. The number of aliphatic imine (C=N–C) groups is 1. The predicted molar refractivity (Wildman–Crippen MR) is 115 cm³/mol. The molecule has 0 spiro atoms. The summed E-state index contributed by atoms with van der Waals surface area (Å²) in [5.41, 5.74) is 4.09. The van der Waals surface area contributed by atoms with Crippen LogP contribution < -0.4 is 9.64 Å². The van der Waals surface area contributed by atoms with E-state index in [1.807, 2.05) is 29.6 Å². The van der Waals surface area contributed by atoms with Crippen LogP contribution in [0.15, 0.2) is 65.0 Å². The fraction of sp³-hybridized carbons (Fsp3) is 0.143. The van der Waals surface area contributed by atoms with Crippen LogP contribution in [-0.2, 0) is 4.79 Å². The van der Waals surface area contributed by atoms with Crippen LogP contribution in [0.3, 0.4) is 0 Å². The number of thioether (sulfide) groups is 1. The van der Waals surface area contributed by atoms with Crippen molar-refractivity contribution in [1.29, 1.82) is 0 Å². The maximum absolute atomic E-state index is 12.4. The number of nitrogens with zero attached hydrogens (tertiary/aromatic N) is 2. The number of thiophene rings is 1. The van der Waals surface area contributed by atoms with Gasteiger partial charge in [-0.1, -0.05) is 41.6 Å². The van der Waals surface area contributed by atoms with E-state index in [9.17, 15) is 4.79 Å². The maximum Gasteiger partial charge on any atom is 0.243 e. The summed E-state index contributed by atoms with van der Waals surface area (Å²) in [6.07, 6.45) is 0. The Bertz CT molecular complexity index is 992. The summed E-state index contributed by atoms with van der Waals surface area (Å²) in [5, 5.41) is 2.73. The fourth-order valence-corrected chi connectivity index (χ4v) is 4.51. The fourth-order valence-electron chi connectivity index (χ4n) is 2.79. The molecule has 4 nitrogen and oxygen atoms in total. The highest BCUT2D eigenvalue weighted by atomic mass is 32.2. The number of anilines is 1. The second-order valence-corrected chi connectivity index (χ2v) is 8.00. The molecule has 0 aliphatic carbocycles. The highest BCUT2D eigenvalue weighted by molar-refractivity contribution is 8.15. The average molecular weight is 395 g/mol. The minimum atomic E-state index is 0.0397. The molecule has 2 heterocycles. The van der Waals surface area contributed by atoms with Gasteiger partial charge in [-0.2, -0.15) is 0 Å². The molecule has 0 N–H and O–H groups in total. The summed E-state index contributed by atoms with van der Waals surface area (Å²) < 4.78 is 5.20. The Kier molecular flexibility index (Phi) is 5.01. The molecule has 1 amide bonds. The van der Waals surface area contributed by atoms with Gasteiger partial charge in [0.25, 0.3) is 0 Å². The van der Waals surface area contributed by atoms with Gasteiger partial charge in [-0.15, -0.1) is 11.3 Å². The van der Waals surface area contributed by atoms with Gasteiger partial charge >= 0.3 is 0 Å². The lowest BCUT2D eigenvalue weighted by Crippen LogP contribution is -2.28. The average Bonchev–Trinajstić information content (AvgIpc) is 3.30. The van der Waals surface area contributed by atoms with Gasteiger partial charge in [-0.05, 0) is 42.8 Å². The Balaban J connectivity index is 1.62. The molecule has 4 rings (SSSR count). The van der Waals surface area contributed by atoms with Crippen LogP contribution in [0.4, 0.5) is 11.4 Å². The minimum absolute atomic E-state index is 0.0397. The SMILES string of the molecule is COc1ccc(N2C(=O)CSC2=Nc2csc(-c3ccc(C)cc3)c2)cc1. The van der Waals surface area contributed by atoms with Gasteiger partial charge < -0.3 is 4.74 Å². The van der Waals surface area contributed by atoms with Gasteiger partial charge in [-0.3, -0.25) is 9.69 Å². The smallest absolute Gasteiger partial charge is 0.243 e. The highest BCUT2D eigenvalue weighted by Gasteiger charge is 2.29. The standard InChI is InChI=1S/C21H18N2O2S2/c1-14-3-5-15(6-4-14)19-11-16(12-26-19)22-21-23(20(24)13-27-21)17-7-9-18(25-2)10-8-17/h3-12H,13H2,1-2H3. The number of carbonyl (C=O) groups excluding carboxylic acids is 1. The highest BCUT2D eigenvalue weighted by Crippen LogP contribution is 2.34. The van der Waals surface area contributed by atoms with E-state index in [0.29, 0.717) is 10.9 Å². The van der Waals surface area contributed by atoms with Crippen LogP contribution in [-0.4, -0.2) is 23.9 Å². The molecule has 0 bridgehead atoms. The molecule has 1 fully saturated rings. The third kappa shape index (κ3) is 3.77. The normalized spacial score (nSPS) is 15.6. The Morgan fingerprint density at radius 3 is 2.52 bits per heavy atom. The molecule has 1 aliphatic rings. The summed E-state index contributed by atoms with van der Waals surface area (Å²) in [7, 11) is 1.63. The first kappa shape index (κ1) is 17.8. The van der Waals surface area contributed by atoms with Gasteiger partial charge in [0.1, 0.15) is 5.75 Å². The van der Waals surface area contributed by atoms with Crippen molar-refractivity contribution < 1.29 is 9.53 Å². The van der Waals surface area contributed by atoms with Crippen molar-refractivity contribution in [3.63, 3.8) is 0 Å². The number of rotatable bonds is 4. The topological polar surface area (TPSA) is 41.9 Å². The Hall–Kier alpha value is -2.57. The van der Waals surface area contributed by atoms with Crippen molar-refractivity contribution in [2.45, 2.75) is 6.92 Å². The monoisotopic (exact) mass is 394 g/mol. The van der Waals surface area contributed by atoms with Crippen molar-refractivity contribution in [2.24, 2.45) is 4.99 Å². The van der Waals surface area contributed by atoms with E-state index in [2.05, 4.69) is 37.3 Å². The van der Waals surface area contributed by atoms with Gasteiger partial charge in [0.05, 0.1) is 24.2 Å². The van der Waals surface area contributed by atoms with Crippen molar-refractivity contribution in [3.8, 4) is 16.2 Å². The largest absolute Gasteiger partial charge is 0.497 e. The summed E-state index contributed by atoms with van der Waals surface area (Å²) in [5.74, 6) is 1.20. The molecule has 2 aromatic carbocycles. The van der Waals surface area contributed by atoms with E-state index in [-0.39, 0.29) is 5.91 Å². The van der Waals surface area contributed by atoms with E-state index >= 15 is 0 Å². The zero-order valence-electron chi connectivity index (χ0n) is 15.0. The summed E-state index contributed by atoms with van der Waals surface area (Å²) in [6.45, 7) is 2.08. The van der Waals surface area contributed by atoms with Crippen molar-refractivity contribution >= 4 is 45.5 Å².